The largest absolute Gasteiger partial charge is 0.507 e. The van der Waals surface area contributed by atoms with Gasteiger partial charge in [0, 0.05) is 11.6 Å². The Labute approximate surface area is 210 Å². The number of carboxylic acid groups (broad SMARTS) is 1. The van der Waals surface area contributed by atoms with Crippen molar-refractivity contribution in [1.29, 1.82) is 0 Å². The molecular formula is C28H20O9. The van der Waals surface area contributed by atoms with Crippen LogP contribution in [0.15, 0.2) is 108 Å². The number of esters is 2. The SMILES string of the molecule is O=C(O)C1=CC(=O)C(O)(OC(=O)c2ccccc2)C(OC(=O)c2ccccc2)C1=C(O)c1ccccc1. The normalized spacial score (nSPS) is 20.4. The molecule has 3 aromatic carbocycles. The van der Waals surface area contributed by atoms with Crippen molar-refractivity contribution in [3.63, 3.8) is 0 Å². The monoisotopic (exact) mass is 500 g/mol. The number of aliphatic hydroxyl groups excluding tert-OH is 1. The van der Waals surface area contributed by atoms with Crippen LogP contribution in [0, 0.1) is 0 Å². The molecule has 2 atom stereocenters. The summed E-state index contributed by atoms with van der Waals surface area (Å²) in [5, 5.41) is 32.4. The second kappa shape index (κ2) is 10.3. The van der Waals surface area contributed by atoms with E-state index in [9.17, 15) is 34.5 Å². The fourth-order valence-corrected chi connectivity index (χ4v) is 3.72. The van der Waals surface area contributed by atoms with Crippen LogP contribution in [0.5, 0.6) is 0 Å². The molecule has 3 aromatic rings. The van der Waals surface area contributed by atoms with Gasteiger partial charge in [-0.15, -0.1) is 0 Å². The van der Waals surface area contributed by atoms with Crippen LogP contribution in [-0.2, 0) is 19.1 Å². The van der Waals surface area contributed by atoms with E-state index in [2.05, 4.69) is 0 Å². The summed E-state index contributed by atoms with van der Waals surface area (Å²) in [6, 6.07) is 22.5. The summed E-state index contributed by atoms with van der Waals surface area (Å²) in [4.78, 5) is 51.0. The van der Waals surface area contributed by atoms with Gasteiger partial charge in [0.15, 0.2) is 0 Å². The number of ether oxygens (including phenoxy) is 2. The van der Waals surface area contributed by atoms with E-state index < -0.39 is 52.5 Å². The van der Waals surface area contributed by atoms with E-state index in [4.69, 9.17) is 9.47 Å². The lowest BCUT2D eigenvalue weighted by molar-refractivity contribution is -0.210. The van der Waals surface area contributed by atoms with Crippen molar-refractivity contribution in [3.05, 3.63) is 125 Å². The number of aliphatic hydroxyl groups is 2. The molecule has 0 aliphatic heterocycles. The quantitative estimate of drug-likeness (QED) is 0.263. The molecule has 3 N–H and O–H groups in total. The standard InChI is InChI=1S/C28H20O9/c29-21-16-20(25(31)32)22(23(30)17-10-4-1-5-11-17)24(36-26(33)18-12-6-2-7-13-18)28(21,35)37-27(34)19-14-8-3-9-15-19/h1-16,24,30,35H,(H,31,32). The van der Waals surface area contributed by atoms with Gasteiger partial charge in [-0.1, -0.05) is 66.7 Å². The smallest absolute Gasteiger partial charge is 0.341 e. The Kier molecular flexibility index (Phi) is 6.99. The number of rotatable bonds is 6. The van der Waals surface area contributed by atoms with Crippen LogP contribution in [0.1, 0.15) is 26.3 Å². The molecule has 1 aliphatic carbocycles. The van der Waals surface area contributed by atoms with Gasteiger partial charge in [-0.25, -0.2) is 14.4 Å². The molecule has 0 saturated carbocycles. The molecule has 0 aromatic heterocycles. The number of carbonyl (C=O) groups is 4. The van der Waals surface area contributed by atoms with E-state index in [0.717, 1.165) is 0 Å². The van der Waals surface area contributed by atoms with E-state index in [1.165, 1.54) is 60.7 Å². The molecule has 2 unspecified atom stereocenters. The second-order valence-corrected chi connectivity index (χ2v) is 7.96. The van der Waals surface area contributed by atoms with E-state index >= 15 is 0 Å². The molecule has 9 nitrogen and oxygen atoms in total. The number of hydrogen-bond acceptors (Lipinski definition) is 8. The number of ketones is 1. The van der Waals surface area contributed by atoms with Crippen LogP contribution in [0.25, 0.3) is 5.76 Å². The van der Waals surface area contributed by atoms with Crippen LogP contribution in [0.4, 0.5) is 0 Å². The highest BCUT2D eigenvalue weighted by Crippen LogP contribution is 2.38. The summed E-state index contributed by atoms with van der Waals surface area (Å²) < 4.78 is 10.6. The van der Waals surface area contributed by atoms with Crippen LogP contribution in [0.2, 0.25) is 0 Å². The van der Waals surface area contributed by atoms with E-state index in [-0.39, 0.29) is 16.7 Å². The van der Waals surface area contributed by atoms with Crippen molar-refractivity contribution in [2.45, 2.75) is 11.9 Å². The molecule has 0 heterocycles. The first-order valence-corrected chi connectivity index (χ1v) is 11.0. The first-order valence-electron chi connectivity index (χ1n) is 11.0. The van der Waals surface area contributed by atoms with Crippen molar-refractivity contribution in [2.24, 2.45) is 0 Å². The van der Waals surface area contributed by atoms with Gasteiger partial charge in [-0.2, -0.15) is 0 Å². The molecule has 1 aliphatic rings. The molecule has 0 bridgehead atoms. The zero-order chi connectivity index (χ0) is 26.6. The average molecular weight is 500 g/mol. The Morgan fingerprint density at radius 2 is 1.16 bits per heavy atom. The minimum atomic E-state index is -3.20. The third-order valence-electron chi connectivity index (χ3n) is 5.56. The number of carbonyl (C=O) groups excluding carboxylic acids is 3. The van der Waals surface area contributed by atoms with Crippen LogP contribution < -0.4 is 0 Å². The minimum Gasteiger partial charge on any atom is -0.507 e. The summed E-state index contributed by atoms with van der Waals surface area (Å²) in [6.07, 6.45) is -1.72. The fourth-order valence-electron chi connectivity index (χ4n) is 3.72. The molecule has 0 saturated heterocycles. The predicted octanol–water partition coefficient (Wildman–Crippen LogP) is 3.32. The van der Waals surface area contributed by atoms with E-state index in [1.807, 2.05) is 0 Å². The van der Waals surface area contributed by atoms with Crippen molar-refractivity contribution in [2.75, 3.05) is 0 Å². The highest BCUT2D eigenvalue weighted by Gasteiger charge is 2.57. The van der Waals surface area contributed by atoms with Crippen LogP contribution in [-0.4, -0.2) is 50.9 Å². The van der Waals surface area contributed by atoms with Gasteiger partial charge in [-0.05, 0) is 24.3 Å². The van der Waals surface area contributed by atoms with E-state index in [0.29, 0.717) is 6.08 Å². The maximum Gasteiger partial charge on any atom is 0.341 e. The van der Waals surface area contributed by atoms with Gasteiger partial charge in [0.2, 0.25) is 11.9 Å². The van der Waals surface area contributed by atoms with Crippen molar-refractivity contribution in [3.8, 4) is 0 Å². The Morgan fingerprint density at radius 3 is 1.65 bits per heavy atom. The number of aliphatic carboxylic acids is 1. The number of carboxylic acids is 1. The number of benzene rings is 3. The van der Waals surface area contributed by atoms with Gasteiger partial charge >= 0.3 is 23.7 Å². The first-order chi connectivity index (χ1) is 17.7. The van der Waals surface area contributed by atoms with Crippen molar-refractivity contribution < 1.29 is 44.0 Å². The summed E-state index contributed by atoms with van der Waals surface area (Å²) in [6.45, 7) is 0. The van der Waals surface area contributed by atoms with Crippen LogP contribution in [0.3, 0.4) is 0 Å². The molecule has 0 amide bonds. The first kappa shape index (κ1) is 25.1. The van der Waals surface area contributed by atoms with Gasteiger partial charge in [0.1, 0.15) is 5.76 Å². The number of hydrogen-bond donors (Lipinski definition) is 3. The molecule has 0 fully saturated rings. The third-order valence-corrected chi connectivity index (χ3v) is 5.56. The summed E-state index contributed by atoms with van der Waals surface area (Å²) in [5.41, 5.74) is -1.33. The predicted molar refractivity (Wildman–Crippen MR) is 129 cm³/mol. The van der Waals surface area contributed by atoms with Gasteiger partial charge < -0.3 is 24.8 Å². The van der Waals surface area contributed by atoms with Crippen molar-refractivity contribution >= 4 is 29.5 Å². The maximum absolute atomic E-state index is 13.1. The molecular weight excluding hydrogens is 480 g/mol. The summed E-state index contributed by atoms with van der Waals surface area (Å²) >= 11 is 0. The third kappa shape index (κ3) is 5.02. The Bertz CT molecular complexity index is 1410. The highest BCUT2D eigenvalue weighted by molar-refractivity contribution is 6.10. The Morgan fingerprint density at radius 1 is 0.703 bits per heavy atom. The zero-order valence-electron chi connectivity index (χ0n) is 19.1. The van der Waals surface area contributed by atoms with Gasteiger partial charge in [0.25, 0.3) is 0 Å². The average Bonchev–Trinajstić information content (AvgIpc) is 2.92. The fraction of sp³-hybridized carbons (Fsp3) is 0.0714. The molecule has 37 heavy (non-hydrogen) atoms. The lowest BCUT2D eigenvalue weighted by atomic mass is 9.83. The molecule has 4 rings (SSSR count). The van der Waals surface area contributed by atoms with Gasteiger partial charge in [-0.3, -0.25) is 4.79 Å². The lowest BCUT2D eigenvalue weighted by Crippen LogP contribution is -2.57. The van der Waals surface area contributed by atoms with E-state index in [1.54, 1.807) is 30.3 Å². The van der Waals surface area contributed by atoms with Gasteiger partial charge in [0.05, 0.1) is 22.3 Å². The lowest BCUT2D eigenvalue weighted by Gasteiger charge is -2.37. The maximum atomic E-state index is 13.1. The summed E-state index contributed by atoms with van der Waals surface area (Å²) in [5.74, 6) is -9.15. The topological polar surface area (TPSA) is 147 Å². The molecule has 9 heteroatoms. The molecule has 0 radical (unpaired) electrons. The molecule has 186 valence electrons. The van der Waals surface area contributed by atoms with Crippen molar-refractivity contribution in [1.82, 2.24) is 0 Å². The minimum absolute atomic E-state index is 0.00309. The summed E-state index contributed by atoms with van der Waals surface area (Å²) in [7, 11) is 0. The Balaban J connectivity index is 1.90. The van der Waals surface area contributed by atoms with Crippen LogP contribution >= 0.6 is 0 Å². The highest BCUT2D eigenvalue weighted by atomic mass is 16.7. The second-order valence-electron chi connectivity index (χ2n) is 7.96. The molecule has 0 spiro atoms. The Hall–Kier alpha value is -5.02. The zero-order valence-corrected chi connectivity index (χ0v) is 19.1.